The van der Waals surface area contributed by atoms with Crippen molar-refractivity contribution < 1.29 is 5.11 Å². The number of aliphatic hydroxyl groups excluding tert-OH is 1. The Bertz CT molecular complexity index is 262. The van der Waals surface area contributed by atoms with E-state index in [1.54, 1.807) is 0 Å². The van der Waals surface area contributed by atoms with E-state index in [2.05, 4.69) is 38.6 Å². The molecule has 2 rings (SSSR count). The summed E-state index contributed by atoms with van der Waals surface area (Å²) in [5.74, 6) is 0. The third-order valence-corrected chi connectivity index (χ3v) is 5.07. The average molecular weight is 313 g/mol. The molecule has 0 atom stereocenters. The number of hydrogen-bond donors (Lipinski definition) is 1. The number of hydrogen-bond acceptors (Lipinski definition) is 6. The normalized spacial score (nSPS) is 23.5. The molecule has 6 nitrogen and oxygen atoms in total. The van der Waals surface area contributed by atoms with Gasteiger partial charge in [-0.15, -0.1) is 0 Å². The molecule has 0 radical (unpaired) electrons. The molecule has 22 heavy (non-hydrogen) atoms. The molecule has 0 amide bonds. The quantitative estimate of drug-likeness (QED) is 0.605. The lowest BCUT2D eigenvalue weighted by molar-refractivity contribution is 0.107. The minimum atomic E-state index is 0.269. The molecule has 2 fully saturated rings. The maximum atomic E-state index is 9.30. The summed E-state index contributed by atoms with van der Waals surface area (Å²) in [6, 6.07) is 0. The van der Waals surface area contributed by atoms with Crippen molar-refractivity contribution in [3.63, 3.8) is 0 Å². The predicted molar refractivity (Wildman–Crippen MR) is 91.4 cm³/mol. The number of piperazine rings is 2. The van der Waals surface area contributed by atoms with Gasteiger partial charge in [-0.05, 0) is 14.1 Å². The zero-order valence-corrected chi connectivity index (χ0v) is 14.6. The van der Waals surface area contributed by atoms with E-state index in [1.165, 1.54) is 52.4 Å². The van der Waals surface area contributed by atoms with Gasteiger partial charge in [-0.1, -0.05) is 0 Å². The van der Waals surface area contributed by atoms with Gasteiger partial charge in [0.2, 0.25) is 0 Å². The second-order valence-corrected chi connectivity index (χ2v) is 6.86. The van der Waals surface area contributed by atoms with Crippen LogP contribution in [0.25, 0.3) is 0 Å². The molecule has 0 aromatic carbocycles. The van der Waals surface area contributed by atoms with E-state index in [4.69, 9.17) is 0 Å². The molecule has 0 unspecified atom stereocenters. The van der Waals surface area contributed by atoms with Crippen LogP contribution in [0.2, 0.25) is 0 Å². The molecule has 6 heteroatoms. The fourth-order valence-electron chi connectivity index (χ4n) is 3.19. The van der Waals surface area contributed by atoms with Gasteiger partial charge in [0.1, 0.15) is 0 Å². The third-order valence-electron chi connectivity index (χ3n) is 5.07. The zero-order valence-electron chi connectivity index (χ0n) is 14.6. The first-order valence-corrected chi connectivity index (χ1v) is 8.82. The van der Waals surface area contributed by atoms with Gasteiger partial charge in [-0.3, -0.25) is 14.7 Å². The van der Waals surface area contributed by atoms with Crippen molar-refractivity contribution in [3.05, 3.63) is 0 Å². The Balaban J connectivity index is 1.63. The second-order valence-electron chi connectivity index (χ2n) is 6.86. The molecule has 0 aromatic heterocycles. The van der Waals surface area contributed by atoms with E-state index in [0.29, 0.717) is 0 Å². The number of likely N-dealkylation sites (N-methyl/N-ethyl adjacent to an activating group) is 2. The molecule has 0 spiro atoms. The summed E-state index contributed by atoms with van der Waals surface area (Å²) >= 11 is 0. The molecular weight excluding hydrogens is 278 g/mol. The van der Waals surface area contributed by atoms with Gasteiger partial charge in [0, 0.05) is 85.1 Å². The SMILES string of the molecule is CN1CCN(CCN(CCO)CCN2CCN(C)CC2)CC1. The van der Waals surface area contributed by atoms with Crippen LogP contribution >= 0.6 is 0 Å². The number of rotatable bonds is 8. The van der Waals surface area contributed by atoms with Crippen LogP contribution in [0, 0.1) is 0 Å². The smallest absolute Gasteiger partial charge is 0.0558 e. The maximum Gasteiger partial charge on any atom is 0.0558 e. The Hall–Kier alpha value is -0.240. The molecule has 0 aromatic rings. The first kappa shape index (κ1) is 18.1. The van der Waals surface area contributed by atoms with E-state index in [1.807, 2.05) is 0 Å². The van der Waals surface area contributed by atoms with Crippen LogP contribution in [0.5, 0.6) is 0 Å². The van der Waals surface area contributed by atoms with Crippen LogP contribution in [-0.2, 0) is 0 Å². The second kappa shape index (κ2) is 9.80. The van der Waals surface area contributed by atoms with Crippen molar-refractivity contribution in [2.45, 2.75) is 0 Å². The van der Waals surface area contributed by atoms with Crippen molar-refractivity contribution >= 4 is 0 Å². The topological polar surface area (TPSA) is 36.4 Å². The summed E-state index contributed by atoms with van der Waals surface area (Å²) in [7, 11) is 4.40. The summed E-state index contributed by atoms with van der Waals surface area (Å²) in [6.07, 6.45) is 0. The van der Waals surface area contributed by atoms with Crippen LogP contribution in [0.15, 0.2) is 0 Å². The lowest BCUT2D eigenvalue weighted by Gasteiger charge is -2.35. The van der Waals surface area contributed by atoms with E-state index in [9.17, 15) is 5.11 Å². The van der Waals surface area contributed by atoms with Crippen molar-refractivity contribution in [2.75, 3.05) is 106 Å². The van der Waals surface area contributed by atoms with Crippen LogP contribution in [-0.4, -0.2) is 135 Å². The summed E-state index contributed by atoms with van der Waals surface area (Å²) in [5.41, 5.74) is 0. The minimum Gasteiger partial charge on any atom is -0.395 e. The van der Waals surface area contributed by atoms with Gasteiger partial charge in [0.05, 0.1) is 6.61 Å². The molecule has 0 saturated carbocycles. The van der Waals surface area contributed by atoms with Gasteiger partial charge < -0.3 is 14.9 Å². The molecule has 0 bridgehead atoms. The maximum absolute atomic E-state index is 9.30. The van der Waals surface area contributed by atoms with Crippen molar-refractivity contribution in [2.24, 2.45) is 0 Å². The van der Waals surface area contributed by atoms with E-state index in [-0.39, 0.29) is 6.61 Å². The van der Waals surface area contributed by atoms with E-state index in [0.717, 1.165) is 32.7 Å². The fourth-order valence-corrected chi connectivity index (χ4v) is 3.19. The Morgan fingerprint density at radius 2 is 1.09 bits per heavy atom. The molecular formula is C16H35N5O. The molecule has 0 aliphatic carbocycles. The Labute approximate surface area is 136 Å². The van der Waals surface area contributed by atoms with Gasteiger partial charge in [0.15, 0.2) is 0 Å². The van der Waals surface area contributed by atoms with Crippen LogP contribution < -0.4 is 0 Å². The van der Waals surface area contributed by atoms with Crippen LogP contribution in [0.3, 0.4) is 0 Å². The highest BCUT2D eigenvalue weighted by molar-refractivity contribution is 4.73. The highest BCUT2D eigenvalue weighted by Gasteiger charge is 2.17. The van der Waals surface area contributed by atoms with Crippen molar-refractivity contribution in [3.8, 4) is 0 Å². The zero-order chi connectivity index (χ0) is 15.8. The molecule has 130 valence electrons. The monoisotopic (exact) mass is 313 g/mol. The summed E-state index contributed by atoms with van der Waals surface area (Å²) in [4.78, 5) is 12.3. The summed E-state index contributed by atoms with van der Waals surface area (Å²) < 4.78 is 0. The van der Waals surface area contributed by atoms with E-state index < -0.39 is 0 Å². The largest absolute Gasteiger partial charge is 0.395 e. The molecule has 2 heterocycles. The molecule has 2 saturated heterocycles. The standard InChI is InChI=1S/C16H35N5O/c1-17-3-7-19(8-4-17)11-13-21(15-16-22)14-12-20-9-5-18(2)6-10-20/h22H,3-16H2,1-2H3. The first-order valence-electron chi connectivity index (χ1n) is 8.82. The van der Waals surface area contributed by atoms with Crippen LogP contribution in [0.4, 0.5) is 0 Å². The lowest BCUT2D eigenvalue weighted by atomic mass is 10.3. The van der Waals surface area contributed by atoms with Crippen LogP contribution in [0.1, 0.15) is 0 Å². The summed E-state index contributed by atoms with van der Waals surface area (Å²) in [5, 5.41) is 9.30. The predicted octanol–water partition coefficient (Wildman–Crippen LogP) is -1.22. The Morgan fingerprint density at radius 1 is 0.682 bits per heavy atom. The van der Waals surface area contributed by atoms with Gasteiger partial charge in [0.25, 0.3) is 0 Å². The molecule has 2 aliphatic heterocycles. The molecule has 2 aliphatic rings. The number of aliphatic hydroxyl groups is 1. The summed E-state index contributed by atoms with van der Waals surface area (Å²) in [6.45, 7) is 15.0. The van der Waals surface area contributed by atoms with Gasteiger partial charge in [-0.2, -0.15) is 0 Å². The van der Waals surface area contributed by atoms with E-state index >= 15 is 0 Å². The average Bonchev–Trinajstić information content (AvgIpc) is 2.53. The van der Waals surface area contributed by atoms with Crippen molar-refractivity contribution in [1.82, 2.24) is 24.5 Å². The highest BCUT2D eigenvalue weighted by atomic mass is 16.3. The Kier molecular flexibility index (Phi) is 8.06. The lowest BCUT2D eigenvalue weighted by Crippen LogP contribution is -2.49. The molecule has 1 N–H and O–H groups in total. The minimum absolute atomic E-state index is 0.269. The third kappa shape index (κ3) is 6.48. The van der Waals surface area contributed by atoms with Crippen molar-refractivity contribution in [1.29, 1.82) is 0 Å². The fraction of sp³-hybridized carbons (Fsp3) is 1.00. The number of nitrogens with zero attached hydrogens (tertiary/aromatic N) is 5. The highest BCUT2D eigenvalue weighted by Crippen LogP contribution is 2.02. The Morgan fingerprint density at radius 3 is 1.45 bits per heavy atom. The van der Waals surface area contributed by atoms with Gasteiger partial charge in [-0.25, -0.2) is 0 Å². The first-order chi connectivity index (χ1) is 10.7. The van der Waals surface area contributed by atoms with Gasteiger partial charge >= 0.3 is 0 Å².